The summed E-state index contributed by atoms with van der Waals surface area (Å²) in [5.74, 6) is -2.91. The third kappa shape index (κ3) is 16.8. The maximum Gasteiger partial charge on any atom is 0.297 e. The number of nitrogens with zero attached hydrogens (tertiary/aromatic N) is 14. The van der Waals surface area contributed by atoms with Gasteiger partial charge in [-0.05, 0) is 120 Å². The van der Waals surface area contributed by atoms with Crippen molar-refractivity contribution in [2.75, 3.05) is 65.9 Å². The van der Waals surface area contributed by atoms with Crippen LogP contribution < -0.4 is 26.6 Å². The van der Waals surface area contributed by atoms with Crippen molar-refractivity contribution in [3.8, 4) is 11.5 Å². The van der Waals surface area contributed by atoms with E-state index in [1.54, 1.807) is 4.90 Å². The maximum absolute atomic E-state index is 13.2. The van der Waals surface area contributed by atoms with Crippen LogP contribution in [0.4, 0.5) is 75.0 Å². The summed E-state index contributed by atoms with van der Waals surface area (Å²) >= 11 is 12.5. The molecule has 0 radical (unpaired) electrons. The molecule has 526 valence electrons. The van der Waals surface area contributed by atoms with Crippen LogP contribution in [-0.4, -0.2) is 175 Å². The van der Waals surface area contributed by atoms with Crippen molar-refractivity contribution in [3.63, 3.8) is 0 Å². The first-order valence-corrected chi connectivity index (χ1v) is 37.8. The Morgan fingerprint density at radius 2 is 1.02 bits per heavy atom. The number of hydrogen-bond acceptors (Lipinski definition) is 34. The van der Waals surface area contributed by atoms with Crippen LogP contribution in [0.25, 0.3) is 21.5 Å². The first-order valence-electron chi connectivity index (χ1n) is 27.0. The van der Waals surface area contributed by atoms with Crippen LogP contribution in [-0.2, 0) is 70.8 Å². The number of aromatic hydroxyl groups is 2. The molecule has 10 rings (SSSR count). The Labute approximate surface area is 572 Å². The zero-order valence-corrected chi connectivity index (χ0v) is 56.4. The Bertz CT molecular complexity index is 5850. The third-order valence-corrected chi connectivity index (χ3v) is 20.4. The SMILES string of the molecule is Nc1c(S(=O)(=O)O)cc2cc(S(=O)(=O)O)cc(O)c2c1N=Nc1ccc(Nc2nc(Cl)nc(NCCN3CCN(c4nc(Cl)nc(Nc5ccc6c(O)c(N=Nc7ccc(N=Nc8ccc(S(=O)(=O)O)cc8)cc7S(=O)(=O)O)c(S(=O)(=O)O)cc6c5S(=O)(=O)O)n4)CC3)n2)cc1S(=O)(=O)O. The molecule has 0 spiro atoms. The number of hydrogen-bond donors (Lipinski definition) is 13. The van der Waals surface area contributed by atoms with E-state index in [9.17, 15) is 101 Å². The number of benzene rings is 7. The number of rotatable bonds is 22. The van der Waals surface area contributed by atoms with Gasteiger partial charge in [0.25, 0.3) is 70.8 Å². The van der Waals surface area contributed by atoms with Gasteiger partial charge >= 0.3 is 0 Å². The Morgan fingerprint density at radius 3 is 1.62 bits per heavy atom. The van der Waals surface area contributed by atoms with E-state index in [2.05, 4.69) is 76.5 Å². The summed E-state index contributed by atoms with van der Waals surface area (Å²) in [6.07, 6.45) is 0. The lowest BCUT2D eigenvalue weighted by Gasteiger charge is -2.34. The molecule has 1 fully saturated rings. The number of nitrogens with two attached hydrogens (primary N) is 1. The number of nitrogen functional groups attached to an aromatic ring is 1. The fraction of sp³-hybridized carbons (Fsp3) is 0.120. The van der Waals surface area contributed by atoms with Crippen LogP contribution in [0.2, 0.25) is 10.6 Å². The van der Waals surface area contributed by atoms with E-state index in [1.807, 2.05) is 4.90 Å². The lowest BCUT2D eigenvalue weighted by Crippen LogP contribution is -2.48. The van der Waals surface area contributed by atoms with Gasteiger partial charge in [-0.1, -0.05) is 0 Å². The number of fused-ring (bicyclic) bond motifs is 2. The molecule has 0 amide bonds. The molecular formula is C50H42Cl2N18O23S7. The molecule has 2 aromatic heterocycles. The smallest absolute Gasteiger partial charge is 0.297 e. The second-order valence-electron chi connectivity index (χ2n) is 20.5. The number of piperazine rings is 1. The minimum absolute atomic E-state index is 0.0248. The minimum Gasteiger partial charge on any atom is -0.507 e. The van der Waals surface area contributed by atoms with Crippen LogP contribution in [0, 0.1) is 0 Å². The van der Waals surface area contributed by atoms with Gasteiger partial charge in [0.2, 0.25) is 34.4 Å². The van der Waals surface area contributed by atoms with Gasteiger partial charge in [0.05, 0.1) is 37.9 Å². The van der Waals surface area contributed by atoms with Gasteiger partial charge in [-0.3, -0.25) is 36.8 Å². The van der Waals surface area contributed by atoms with Crippen molar-refractivity contribution in [2.45, 2.75) is 34.3 Å². The highest BCUT2D eigenvalue weighted by Gasteiger charge is 2.31. The van der Waals surface area contributed by atoms with Crippen molar-refractivity contribution in [3.05, 3.63) is 108 Å². The van der Waals surface area contributed by atoms with Crippen molar-refractivity contribution in [1.29, 1.82) is 0 Å². The molecule has 0 unspecified atom stereocenters. The summed E-state index contributed by atoms with van der Waals surface area (Å²) in [6.45, 7) is 1.71. The predicted octanol–water partition coefficient (Wildman–Crippen LogP) is 7.36. The highest BCUT2D eigenvalue weighted by molar-refractivity contribution is 7.87. The number of halogens is 2. The van der Waals surface area contributed by atoms with Crippen LogP contribution in [0.1, 0.15) is 0 Å². The number of nitrogens with one attached hydrogen (secondary N) is 3. The number of aromatic nitrogens is 6. The Balaban J connectivity index is 0.812. The van der Waals surface area contributed by atoms with E-state index < -0.39 is 183 Å². The maximum atomic E-state index is 13.2. The highest BCUT2D eigenvalue weighted by Crippen LogP contribution is 2.47. The first kappa shape index (κ1) is 73.1. The topological polar surface area (TPSA) is 641 Å². The quantitative estimate of drug-likeness (QED) is 0.0179. The van der Waals surface area contributed by atoms with Gasteiger partial charge in [0, 0.05) is 61.8 Å². The Morgan fingerprint density at radius 1 is 0.470 bits per heavy atom. The molecule has 7 aromatic carbocycles. The largest absolute Gasteiger partial charge is 0.507 e. The first-order chi connectivity index (χ1) is 46.5. The predicted molar refractivity (Wildman–Crippen MR) is 350 cm³/mol. The summed E-state index contributed by atoms with van der Waals surface area (Å²) in [4.78, 5) is 21.7. The lowest BCUT2D eigenvalue weighted by atomic mass is 10.1. The second-order valence-corrected chi connectivity index (χ2v) is 31.0. The van der Waals surface area contributed by atoms with Gasteiger partial charge < -0.3 is 36.8 Å². The van der Waals surface area contributed by atoms with Crippen molar-refractivity contribution >= 4 is 191 Å². The summed E-state index contributed by atoms with van der Waals surface area (Å²) in [5.41, 5.74) is 1.12. The van der Waals surface area contributed by atoms with Crippen LogP contribution in [0.15, 0.2) is 162 Å². The van der Waals surface area contributed by atoms with E-state index in [0.29, 0.717) is 43.9 Å². The molecule has 50 heteroatoms. The highest BCUT2D eigenvalue weighted by atomic mass is 35.5. The van der Waals surface area contributed by atoms with Gasteiger partial charge in [-0.15, -0.1) is 20.5 Å². The molecule has 9 aromatic rings. The Hall–Kier alpha value is -9.61. The second kappa shape index (κ2) is 27.5. The molecule has 14 N–H and O–H groups in total. The van der Waals surface area contributed by atoms with Crippen LogP contribution in [0.3, 0.4) is 0 Å². The molecule has 41 nitrogen and oxygen atoms in total. The van der Waals surface area contributed by atoms with E-state index >= 15 is 0 Å². The average molecular weight is 1560 g/mol. The fourth-order valence-corrected chi connectivity index (χ4v) is 14.3. The molecule has 0 aliphatic carbocycles. The summed E-state index contributed by atoms with van der Waals surface area (Å²) in [5, 5.41) is 50.0. The molecule has 0 bridgehead atoms. The van der Waals surface area contributed by atoms with Gasteiger partial charge in [-0.2, -0.15) is 99.1 Å². The standard InChI is InChI=1S/C50H42Cl2N18O23S7/c51-45-57-47(61-48(58-45)55-25-3-8-31(35(19-25)96(79,80)81)66-68-42-39-23(18-37(40(42)53)98(85,86)87)17-28(21-34(39)71)95(76,77)78)54-11-12-69-13-15-70(16-14-69)50-60-46(52)59-49(62-50)56-33-10-7-29-30(44(33)100(91,92)93)22-38(99(88,89)90)41(43(29)72)67-65-32-9-4-26(20-36(32)97(82,83)84)64-63-24-1-5-27(6-2-24)94(73,74)75/h1-10,17-22,71-72H,11-16,53H2,(H,73,74,75)(H,76,77,78)(H,79,80,81)(H,82,83,84)(H,85,86,87)(H,88,89,90)(H,91,92,93)(H,56,59,60,62)(H2,54,55,57,58,61). The fourth-order valence-electron chi connectivity index (χ4n) is 9.51. The molecule has 3 heterocycles. The van der Waals surface area contributed by atoms with E-state index in [1.165, 1.54) is 6.07 Å². The summed E-state index contributed by atoms with van der Waals surface area (Å²) < 4.78 is 243. The van der Waals surface area contributed by atoms with E-state index in [-0.39, 0.29) is 59.8 Å². The summed E-state index contributed by atoms with van der Waals surface area (Å²) in [6, 6.07) is 14.5. The molecule has 1 aliphatic heterocycles. The van der Waals surface area contributed by atoms with Crippen molar-refractivity contribution in [2.24, 2.45) is 30.7 Å². The molecule has 1 aliphatic rings. The van der Waals surface area contributed by atoms with Crippen LogP contribution >= 0.6 is 23.2 Å². The molecule has 0 saturated carbocycles. The van der Waals surface area contributed by atoms with E-state index in [0.717, 1.165) is 66.7 Å². The average Bonchev–Trinajstić information content (AvgIpc) is 0.760. The van der Waals surface area contributed by atoms with E-state index in [4.69, 9.17) is 28.9 Å². The normalized spacial score (nSPS) is 14.1. The molecule has 0 atom stereocenters. The summed E-state index contributed by atoms with van der Waals surface area (Å²) in [7, 11) is -36.1. The van der Waals surface area contributed by atoms with Gasteiger partial charge in [0.1, 0.15) is 53.0 Å². The lowest BCUT2D eigenvalue weighted by molar-refractivity contribution is 0.266. The molecule has 1 saturated heterocycles. The number of azo groups is 3. The number of phenols is 2. The zero-order valence-electron chi connectivity index (χ0n) is 49.2. The molecular weight excluding hydrogens is 1520 g/mol. The molecule has 100 heavy (non-hydrogen) atoms. The van der Waals surface area contributed by atoms with Gasteiger partial charge in [0.15, 0.2) is 5.75 Å². The van der Waals surface area contributed by atoms with Gasteiger partial charge in [-0.25, -0.2) is 0 Å². The monoisotopic (exact) mass is 1560 g/mol. The zero-order chi connectivity index (χ0) is 73.0. The number of anilines is 7. The van der Waals surface area contributed by atoms with Crippen molar-refractivity contribution in [1.82, 2.24) is 34.8 Å². The minimum atomic E-state index is -5.55. The van der Waals surface area contributed by atoms with Crippen molar-refractivity contribution < 1.29 is 101 Å². The van der Waals surface area contributed by atoms with Crippen LogP contribution in [0.5, 0.6) is 11.5 Å². The third-order valence-electron chi connectivity index (χ3n) is 13.9. The Kier molecular flexibility index (Phi) is 20.1. The number of phenolic OH excluding ortho intramolecular Hbond substituents is 2.